The maximum Gasteiger partial charge on any atom is 0.261 e. The summed E-state index contributed by atoms with van der Waals surface area (Å²) < 4.78 is 24.0. The number of hydrogen-bond acceptors (Lipinski definition) is 5. The predicted molar refractivity (Wildman–Crippen MR) is 92.4 cm³/mol. The Hall–Kier alpha value is -1.93. The van der Waals surface area contributed by atoms with Gasteiger partial charge in [0.25, 0.3) is 11.8 Å². The molecule has 2 aliphatic heterocycles. The maximum absolute atomic E-state index is 12.4. The van der Waals surface area contributed by atoms with E-state index in [0.717, 1.165) is 26.9 Å². The Labute approximate surface area is 143 Å². The van der Waals surface area contributed by atoms with Crippen molar-refractivity contribution < 1.29 is 18.0 Å². The molecule has 0 saturated carbocycles. The highest BCUT2D eigenvalue weighted by Crippen LogP contribution is 2.34. The third-order valence-electron chi connectivity index (χ3n) is 4.49. The largest absolute Gasteiger partial charge is 0.351 e. The second kappa shape index (κ2) is 5.56. The Morgan fingerprint density at radius 1 is 1.33 bits per heavy atom. The van der Waals surface area contributed by atoms with Crippen LogP contribution in [0.1, 0.15) is 32.0 Å². The number of hydrogen-bond donors (Lipinski definition) is 2. The lowest BCUT2D eigenvalue weighted by molar-refractivity contribution is 0.0937. The van der Waals surface area contributed by atoms with Gasteiger partial charge in [-0.1, -0.05) is 0 Å². The fourth-order valence-electron chi connectivity index (χ4n) is 3.28. The molecule has 126 valence electrons. The summed E-state index contributed by atoms with van der Waals surface area (Å²) in [5, 5.41) is 6.57. The first-order chi connectivity index (χ1) is 11.4. The minimum atomic E-state index is -3.02. The van der Waals surface area contributed by atoms with Gasteiger partial charge in [-0.15, -0.1) is 11.3 Å². The standard InChI is InChI=1S/C16H16N2O4S2/c19-15(18-10-4-6-24(21,22)8-10)9-1-2-13-12(7-9)11-3-5-17-16(20)14(11)23-13/h1-2,7,10H,3-6,8H2,(H,17,20)(H,18,19). The van der Waals surface area contributed by atoms with Crippen LogP contribution in [0.15, 0.2) is 18.2 Å². The van der Waals surface area contributed by atoms with E-state index in [1.54, 1.807) is 6.07 Å². The first-order valence-corrected chi connectivity index (χ1v) is 10.4. The van der Waals surface area contributed by atoms with E-state index in [9.17, 15) is 18.0 Å². The van der Waals surface area contributed by atoms with Crippen LogP contribution in [0.5, 0.6) is 0 Å². The Morgan fingerprint density at radius 3 is 2.92 bits per heavy atom. The molecule has 1 saturated heterocycles. The lowest BCUT2D eigenvalue weighted by Crippen LogP contribution is -2.35. The summed E-state index contributed by atoms with van der Waals surface area (Å²) in [4.78, 5) is 25.1. The van der Waals surface area contributed by atoms with Crippen molar-refractivity contribution in [2.24, 2.45) is 0 Å². The van der Waals surface area contributed by atoms with E-state index in [-0.39, 0.29) is 29.4 Å². The molecule has 1 aromatic heterocycles. The molecule has 2 N–H and O–H groups in total. The van der Waals surface area contributed by atoms with Crippen molar-refractivity contribution in [2.75, 3.05) is 18.1 Å². The molecule has 1 aromatic carbocycles. The summed E-state index contributed by atoms with van der Waals surface area (Å²) in [6, 6.07) is 5.06. The van der Waals surface area contributed by atoms with Gasteiger partial charge in [0.15, 0.2) is 9.84 Å². The molecule has 2 aliphatic rings. The molecule has 6 nitrogen and oxygen atoms in total. The van der Waals surface area contributed by atoms with E-state index in [0.29, 0.717) is 18.5 Å². The molecule has 1 atom stereocenters. The van der Waals surface area contributed by atoms with Gasteiger partial charge in [-0.25, -0.2) is 8.42 Å². The van der Waals surface area contributed by atoms with Gasteiger partial charge in [0.2, 0.25) is 0 Å². The number of rotatable bonds is 2. The molecule has 24 heavy (non-hydrogen) atoms. The molecular formula is C16H16N2O4S2. The fraction of sp³-hybridized carbons (Fsp3) is 0.375. The van der Waals surface area contributed by atoms with Gasteiger partial charge in [0, 0.05) is 22.8 Å². The molecule has 8 heteroatoms. The molecule has 0 spiro atoms. The molecule has 4 rings (SSSR count). The second-order valence-electron chi connectivity index (χ2n) is 6.20. The molecule has 0 bridgehead atoms. The minimum absolute atomic E-state index is 0.00893. The van der Waals surface area contributed by atoms with Gasteiger partial charge in [-0.05, 0) is 42.0 Å². The highest BCUT2D eigenvalue weighted by Gasteiger charge is 2.29. The molecule has 0 radical (unpaired) electrons. The fourth-order valence-corrected chi connectivity index (χ4v) is 6.10. The van der Waals surface area contributed by atoms with Crippen molar-refractivity contribution >= 4 is 43.1 Å². The van der Waals surface area contributed by atoms with Crippen LogP contribution >= 0.6 is 11.3 Å². The third-order valence-corrected chi connectivity index (χ3v) is 7.47. The van der Waals surface area contributed by atoms with E-state index in [1.165, 1.54) is 11.3 Å². The van der Waals surface area contributed by atoms with Crippen molar-refractivity contribution in [3.8, 4) is 0 Å². The van der Waals surface area contributed by atoms with Crippen LogP contribution in [0.2, 0.25) is 0 Å². The van der Waals surface area contributed by atoms with Crippen LogP contribution in [0.3, 0.4) is 0 Å². The van der Waals surface area contributed by atoms with Crippen molar-refractivity contribution in [1.82, 2.24) is 10.6 Å². The summed E-state index contributed by atoms with van der Waals surface area (Å²) in [7, 11) is -3.02. The van der Waals surface area contributed by atoms with Crippen LogP contribution in [0.4, 0.5) is 0 Å². The number of sulfone groups is 1. The Kier molecular flexibility index (Phi) is 3.61. The number of amides is 2. The zero-order chi connectivity index (χ0) is 16.9. The van der Waals surface area contributed by atoms with E-state index in [2.05, 4.69) is 10.6 Å². The average molecular weight is 364 g/mol. The van der Waals surface area contributed by atoms with Gasteiger partial charge in [0.1, 0.15) is 0 Å². The molecule has 3 heterocycles. The van der Waals surface area contributed by atoms with Crippen molar-refractivity contribution in [1.29, 1.82) is 0 Å². The van der Waals surface area contributed by atoms with E-state index >= 15 is 0 Å². The summed E-state index contributed by atoms with van der Waals surface area (Å²) in [5.74, 6) is -0.183. The Bertz CT molecular complexity index is 962. The van der Waals surface area contributed by atoms with Crippen molar-refractivity contribution in [3.05, 3.63) is 34.2 Å². The topological polar surface area (TPSA) is 92.3 Å². The lowest BCUT2D eigenvalue weighted by atomic mass is 10.0. The minimum Gasteiger partial charge on any atom is -0.351 e. The van der Waals surface area contributed by atoms with E-state index in [4.69, 9.17) is 0 Å². The smallest absolute Gasteiger partial charge is 0.261 e. The molecule has 1 unspecified atom stereocenters. The second-order valence-corrected chi connectivity index (χ2v) is 9.48. The maximum atomic E-state index is 12.4. The number of thiophene rings is 1. The number of carbonyl (C=O) groups excluding carboxylic acids is 2. The van der Waals surface area contributed by atoms with Gasteiger partial charge in [0.05, 0.1) is 16.4 Å². The summed E-state index contributed by atoms with van der Waals surface area (Å²) in [5.41, 5.74) is 1.50. The normalized spacial score (nSPS) is 22.2. The number of carbonyl (C=O) groups is 2. The van der Waals surface area contributed by atoms with E-state index < -0.39 is 9.84 Å². The highest BCUT2D eigenvalue weighted by molar-refractivity contribution is 7.91. The van der Waals surface area contributed by atoms with Crippen molar-refractivity contribution in [2.45, 2.75) is 18.9 Å². The van der Waals surface area contributed by atoms with Gasteiger partial charge in [-0.3, -0.25) is 9.59 Å². The zero-order valence-electron chi connectivity index (χ0n) is 12.8. The summed E-state index contributed by atoms with van der Waals surface area (Å²) >= 11 is 1.44. The van der Waals surface area contributed by atoms with Crippen LogP contribution in [-0.4, -0.2) is 44.3 Å². The lowest BCUT2D eigenvalue weighted by Gasteiger charge is -2.13. The summed E-state index contributed by atoms with van der Waals surface area (Å²) in [6.07, 6.45) is 1.22. The summed E-state index contributed by atoms with van der Waals surface area (Å²) in [6.45, 7) is 0.605. The van der Waals surface area contributed by atoms with Crippen LogP contribution < -0.4 is 10.6 Å². The average Bonchev–Trinajstić information content (AvgIpc) is 3.07. The Morgan fingerprint density at radius 2 is 2.17 bits per heavy atom. The molecule has 0 aliphatic carbocycles. The number of benzene rings is 1. The third kappa shape index (κ3) is 2.69. The van der Waals surface area contributed by atoms with Gasteiger partial charge in [-0.2, -0.15) is 0 Å². The Balaban J connectivity index is 1.63. The van der Waals surface area contributed by atoms with Crippen molar-refractivity contribution in [3.63, 3.8) is 0 Å². The number of nitrogens with one attached hydrogen (secondary N) is 2. The van der Waals surface area contributed by atoms with Crippen LogP contribution in [-0.2, 0) is 16.3 Å². The quantitative estimate of drug-likeness (QED) is 0.835. The zero-order valence-corrected chi connectivity index (χ0v) is 14.4. The SMILES string of the molecule is O=C(NC1CCS(=O)(=O)C1)c1ccc2sc3c(c2c1)CCNC3=O. The number of fused-ring (bicyclic) bond motifs is 3. The van der Waals surface area contributed by atoms with Crippen LogP contribution in [0.25, 0.3) is 10.1 Å². The highest BCUT2D eigenvalue weighted by atomic mass is 32.2. The van der Waals surface area contributed by atoms with Gasteiger partial charge >= 0.3 is 0 Å². The molecular weight excluding hydrogens is 348 g/mol. The molecule has 2 aromatic rings. The van der Waals surface area contributed by atoms with E-state index in [1.807, 2.05) is 12.1 Å². The monoisotopic (exact) mass is 364 g/mol. The molecule has 2 amide bonds. The van der Waals surface area contributed by atoms with Crippen LogP contribution in [0, 0.1) is 0 Å². The first kappa shape index (κ1) is 15.6. The molecule has 1 fully saturated rings. The first-order valence-electron chi connectivity index (χ1n) is 7.78. The van der Waals surface area contributed by atoms with Gasteiger partial charge < -0.3 is 10.6 Å². The predicted octanol–water partition coefficient (Wildman–Crippen LogP) is 1.10.